The van der Waals surface area contributed by atoms with Crippen molar-refractivity contribution >= 4 is 10.8 Å². The zero-order chi connectivity index (χ0) is 16.2. The van der Waals surface area contributed by atoms with Gasteiger partial charge in [0.2, 0.25) is 0 Å². The second-order valence-corrected chi connectivity index (χ2v) is 7.49. The first-order valence-electron chi connectivity index (χ1n) is 7.95. The van der Waals surface area contributed by atoms with E-state index in [1.54, 1.807) is 4.68 Å². The molecule has 2 atom stereocenters. The Morgan fingerprint density at radius 3 is 2.78 bits per heavy atom. The molecule has 3 rings (SSSR count). The summed E-state index contributed by atoms with van der Waals surface area (Å²) in [6.45, 7) is 4.84. The molecular weight excluding hydrogens is 312 g/mol. The van der Waals surface area contributed by atoms with Gasteiger partial charge in [0.25, 0.3) is 0 Å². The summed E-state index contributed by atoms with van der Waals surface area (Å²) < 4.78 is 19.8. The van der Waals surface area contributed by atoms with Crippen LogP contribution in [-0.2, 0) is 21.3 Å². The largest absolute Gasteiger partial charge is 0.377 e. The molecule has 2 heterocycles. The lowest BCUT2D eigenvalue weighted by Gasteiger charge is -2.21. The molecule has 124 valence electrons. The average Bonchev–Trinajstić information content (AvgIpc) is 2.96. The molecule has 7 heteroatoms. The molecule has 1 aromatic carbocycles. The van der Waals surface area contributed by atoms with Gasteiger partial charge in [-0.15, -0.1) is 5.10 Å². The Hall–Kier alpha value is -1.60. The highest BCUT2D eigenvalue weighted by molar-refractivity contribution is 7.84. The molecule has 1 aliphatic heterocycles. The van der Waals surface area contributed by atoms with Crippen molar-refractivity contribution in [2.75, 3.05) is 12.4 Å². The summed E-state index contributed by atoms with van der Waals surface area (Å²) >= 11 is 0. The SMILES string of the molecule is Cc1cccc(C)c1-n1nnnc1C[S@@](=O)C[C@H]1CCCCO1. The Balaban J connectivity index is 1.75. The van der Waals surface area contributed by atoms with Gasteiger partial charge in [0.15, 0.2) is 5.82 Å². The van der Waals surface area contributed by atoms with Gasteiger partial charge in [-0.1, -0.05) is 18.2 Å². The third-order valence-electron chi connectivity index (χ3n) is 4.12. The van der Waals surface area contributed by atoms with E-state index >= 15 is 0 Å². The molecule has 23 heavy (non-hydrogen) atoms. The molecule has 1 aliphatic rings. The Labute approximate surface area is 138 Å². The summed E-state index contributed by atoms with van der Waals surface area (Å²) in [4.78, 5) is 0. The zero-order valence-electron chi connectivity index (χ0n) is 13.6. The van der Waals surface area contributed by atoms with Gasteiger partial charge in [0, 0.05) is 17.4 Å². The number of rotatable bonds is 5. The average molecular weight is 334 g/mol. The van der Waals surface area contributed by atoms with Crippen LogP contribution in [-0.4, -0.2) is 42.9 Å². The molecule has 0 unspecified atom stereocenters. The summed E-state index contributed by atoms with van der Waals surface area (Å²) in [7, 11) is -1.03. The van der Waals surface area contributed by atoms with Crippen LogP contribution in [0.1, 0.15) is 36.2 Å². The Morgan fingerprint density at radius 1 is 1.30 bits per heavy atom. The summed E-state index contributed by atoms with van der Waals surface area (Å²) in [5, 5.41) is 12.0. The molecule has 2 aromatic rings. The molecule has 0 saturated carbocycles. The molecule has 0 amide bonds. The van der Waals surface area contributed by atoms with Gasteiger partial charge >= 0.3 is 0 Å². The van der Waals surface area contributed by atoms with E-state index < -0.39 is 10.8 Å². The highest BCUT2D eigenvalue weighted by atomic mass is 32.2. The molecule has 0 bridgehead atoms. The highest BCUT2D eigenvalue weighted by Gasteiger charge is 2.20. The Kier molecular flexibility index (Phi) is 5.17. The number of nitrogens with zero attached hydrogens (tertiary/aromatic N) is 4. The predicted molar refractivity (Wildman–Crippen MR) is 88.9 cm³/mol. The first kappa shape index (κ1) is 16.3. The summed E-state index contributed by atoms with van der Waals surface area (Å²) in [6, 6.07) is 6.07. The summed E-state index contributed by atoms with van der Waals surface area (Å²) in [5.74, 6) is 1.54. The fourth-order valence-electron chi connectivity index (χ4n) is 2.96. The number of benzene rings is 1. The molecule has 1 fully saturated rings. The van der Waals surface area contributed by atoms with Gasteiger partial charge < -0.3 is 4.74 Å². The van der Waals surface area contributed by atoms with Gasteiger partial charge in [-0.2, -0.15) is 4.68 Å². The van der Waals surface area contributed by atoms with Crippen molar-refractivity contribution in [1.29, 1.82) is 0 Å². The zero-order valence-corrected chi connectivity index (χ0v) is 14.4. The second-order valence-electron chi connectivity index (χ2n) is 5.99. The van der Waals surface area contributed by atoms with Crippen LogP contribution in [0.2, 0.25) is 0 Å². The second kappa shape index (κ2) is 7.31. The van der Waals surface area contributed by atoms with Gasteiger partial charge in [0.05, 0.1) is 23.3 Å². The van der Waals surface area contributed by atoms with Crippen molar-refractivity contribution < 1.29 is 8.95 Å². The monoisotopic (exact) mass is 334 g/mol. The maximum atomic E-state index is 12.5. The fourth-order valence-corrected chi connectivity index (χ4v) is 4.22. The van der Waals surface area contributed by atoms with Crippen LogP contribution < -0.4 is 0 Å². The Bertz CT molecular complexity index is 675. The van der Waals surface area contributed by atoms with Gasteiger partial charge in [0.1, 0.15) is 0 Å². The lowest BCUT2D eigenvalue weighted by atomic mass is 10.1. The number of ether oxygens (including phenoxy) is 1. The number of tetrazole rings is 1. The minimum Gasteiger partial charge on any atom is -0.377 e. The third kappa shape index (κ3) is 3.84. The van der Waals surface area contributed by atoms with E-state index in [2.05, 4.69) is 15.5 Å². The number of para-hydroxylation sites is 1. The first-order valence-corrected chi connectivity index (χ1v) is 9.44. The van der Waals surface area contributed by atoms with Gasteiger partial charge in [-0.25, -0.2) is 0 Å². The number of hydrogen-bond donors (Lipinski definition) is 0. The van der Waals surface area contributed by atoms with Crippen molar-refractivity contribution in [1.82, 2.24) is 20.2 Å². The fraction of sp³-hybridized carbons (Fsp3) is 0.562. The van der Waals surface area contributed by atoms with Crippen molar-refractivity contribution in [2.24, 2.45) is 0 Å². The molecule has 0 aliphatic carbocycles. The normalized spacial score (nSPS) is 19.7. The van der Waals surface area contributed by atoms with E-state index in [1.165, 1.54) is 0 Å². The van der Waals surface area contributed by atoms with E-state index in [9.17, 15) is 4.21 Å². The van der Waals surface area contributed by atoms with Crippen LogP contribution in [0.15, 0.2) is 18.2 Å². The van der Waals surface area contributed by atoms with Crippen LogP contribution in [0, 0.1) is 13.8 Å². The van der Waals surface area contributed by atoms with Crippen LogP contribution in [0.4, 0.5) is 0 Å². The lowest BCUT2D eigenvalue weighted by molar-refractivity contribution is 0.0310. The maximum Gasteiger partial charge on any atom is 0.169 e. The number of aromatic nitrogens is 4. The van der Waals surface area contributed by atoms with E-state index in [-0.39, 0.29) is 6.10 Å². The van der Waals surface area contributed by atoms with Crippen LogP contribution >= 0.6 is 0 Å². The summed E-state index contributed by atoms with van der Waals surface area (Å²) in [5.41, 5.74) is 3.17. The van der Waals surface area contributed by atoms with E-state index in [1.807, 2.05) is 32.0 Å². The van der Waals surface area contributed by atoms with E-state index in [4.69, 9.17) is 4.74 Å². The van der Waals surface area contributed by atoms with E-state index in [0.717, 1.165) is 42.7 Å². The molecule has 6 nitrogen and oxygen atoms in total. The maximum absolute atomic E-state index is 12.5. The molecular formula is C16H22N4O2S. The highest BCUT2D eigenvalue weighted by Crippen LogP contribution is 2.20. The third-order valence-corrected chi connectivity index (χ3v) is 5.44. The molecule has 1 aromatic heterocycles. The first-order chi connectivity index (χ1) is 11.1. The quantitative estimate of drug-likeness (QED) is 0.837. The molecule has 0 radical (unpaired) electrons. The number of hydrogen-bond acceptors (Lipinski definition) is 5. The van der Waals surface area contributed by atoms with Crippen molar-refractivity contribution in [3.63, 3.8) is 0 Å². The smallest absolute Gasteiger partial charge is 0.169 e. The standard InChI is InChI=1S/C16H22N4O2S/c1-12-6-5-7-13(2)16(12)20-15(17-18-19-20)11-23(21)10-14-8-3-4-9-22-14/h5-7,14H,3-4,8-11H2,1-2H3/t14-,23+/m1/s1. The van der Waals surface area contributed by atoms with E-state index in [0.29, 0.717) is 17.3 Å². The predicted octanol–water partition coefficient (Wildman–Crippen LogP) is 2.10. The van der Waals surface area contributed by atoms with Gasteiger partial charge in [-0.3, -0.25) is 4.21 Å². The molecule has 0 N–H and O–H groups in total. The van der Waals surface area contributed by atoms with Crippen LogP contribution in [0.3, 0.4) is 0 Å². The van der Waals surface area contributed by atoms with Crippen molar-refractivity contribution in [3.8, 4) is 5.69 Å². The minimum absolute atomic E-state index is 0.106. The Morgan fingerprint density at radius 2 is 2.09 bits per heavy atom. The molecule has 1 saturated heterocycles. The number of aryl methyl sites for hydroxylation is 2. The van der Waals surface area contributed by atoms with Crippen LogP contribution in [0.25, 0.3) is 5.69 Å². The lowest BCUT2D eigenvalue weighted by Crippen LogP contribution is -2.26. The van der Waals surface area contributed by atoms with Crippen molar-refractivity contribution in [3.05, 3.63) is 35.2 Å². The minimum atomic E-state index is -1.03. The van der Waals surface area contributed by atoms with Crippen LogP contribution in [0.5, 0.6) is 0 Å². The topological polar surface area (TPSA) is 69.9 Å². The van der Waals surface area contributed by atoms with Gasteiger partial charge in [-0.05, 0) is 54.7 Å². The summed E-state index contributed by atoms with van der Waals surface area (Å²) in [6.07, 6.45) is 3.36. The molecule has 0 spiro atoms. The van der Waals surface area contributed by atoms with Crippen molar-refractivity contribution in [2.45, 2.75) is 45.0 Å².